The summed E-state index contributed by atoms with van der Waals surface area (Å²) in [7, 11) is 0. The quantitative estimate of drug-likeness (QED) is 0.483. The predicted octanol–water partition coefficient (Wildman–Crippen LogP) is 3.40. The first-order chi connectivity index (χ1) is 13.3. The number of fused-ring (bicyclic) bond motifs is 1. The average molecular weight is 364 g/mol. The van der Waals surface area contributed by atoms with E-state index < -0.39 is 0 Å². The van der Waals surface area contributed by atoms with Crippen molar-refractivity contribution < 1.29 is 9.84 Å². The van der Waals surface area contributed by atoms with Crippen molar-refractivity contribution in [3.8, 4) is 5.75 Å². The van der Waals surface area contributed by atoms with E-state index in [-0.39, 0.29) is 6.61 Å². The standard InChI is InChI=1S/C23H28N2O2/c1-18-6-8-19(9-7-18)17-27-23-11-10-20-4-2-3-5-21(20)22(23)16-25-13-12-24-14-15-26/h2-11,24-26H,12-17H2,1H3. The minimum Gasteiger partial charge on any atom is -0.489 e. The van der Waals surface area contributed by atoms with Gasteiger partial charge in [0.25, 0.3) is 0 Å². The summed E-state index contributed by atoms with van der Waals surface area (Å²) >= 11 is 0. The number of aliphatic hydroxyl groups is 1. The first-order valence-corrected chi connectivity index (χ1v) is 9.49. The van der Waals surface area contributed by atoms with Crippen LogP contribution in [-0.4, -0.2) is 31.3 Å². The highest BCUT2D eigenvalue weighted by molar-refractivity contribution is 5.87. The Hall–Kier alpha value is -2.40. The fourth-order valence-electron chi connectivity index (χ4n) is 3.07. The number of rotatable bonds is 10. The van der Waals surface area contributed by atoms with Crippen molar-refractivity contribution in [2.45, 2.75) is 20.1 Å². The van der Waals surface area contributed by atoms with Gasteiger partial charge in [-0.05, 0) is 29.3 Å². The first kappa shape index (κ1) is 19.4. The second-order valence-corrected chi connectivity index (χ2v) is 6.69. The third-order valence-corrected chi connectivity index (χ3v) is 4.58. The second kappa shape index (κ2) is 10.1. The van der Waals surface area contributed by atoms with E-state index in [1.54, 1.807) is 0 Å². The summed E-state index contributed by atoms with van der Waals surface area (Å²) in [6.07, 6.45) is 0. The Labute approximate surface area is 161 Å². The zero-order valence-corrected chi connectivity index (χ0v) is 15.9. The molecule has 4 nitrogen and oxygen atoms in total. The van der Waals surface area contributed by atoms with Crippen LogP contribution >= 0.6 is 0 Å². The fourth-order valence-corrected chi connectivity index (χ4v) is 3.07. The molecule has 3 rings (SSSR count). The number of aliphatic hydroxyl groups excluding tert-OH is 1. The summed E-state index contributed by atoms with van der Waals surface area (Å²) in [4.78, 5) is 0. The summed E-state index contributed by atoms with van der Waals surface area (Å²) < 4.78 is 6.18. The van der Waals surface area contributed by atoms with Gasteiger partial charge in [0.05, 0.1) is 6.61 Å². The van der Waals surface area contributed by atoms with E-state index in [0.717, 1.165) is 25.4 Å². The molecule has 3 aromatic rings. The van der Waals surface area contributed by atoms with Gasteiger partial charge in [0.2, 0.25) is 0 Å². The minimum atomic E-state index is 0.167. The molecule has 0 saturated heterocycles. The van der Waals surface area contributed by atoms with Gasteiger partial charge in [0.15, 0.2) is 0 Å². The highest BCUT2D eigenvalue weighted by atomic mass is 16.5. The van der Waals surface area contributed by atoms with Crippen molar-refractivity contribution in [2.24, 2.45) is 0 Å². The first-order valence-electron chi connectivity index (χ1n) is 9.49. The maximum atomic E-state index is 8.82. The van der Waals surface area contributed by atoms with Gasteiger partial charge in [0, 0.05) is 31.7 Å². The molecule has 0 aliphatic rings. The SMILES string of the molecule is Cc1ccc(COc2ccc3ccccc3c2CNCCNCCO)cc1. The van der Waals surface area contributed by atoms with E-state index in [0.29, 0.717) is 13.2 Å². The Kier molecular flexibility index (Phi) is 7.22. The van der Waals surface area contributed by atoms with Gasteiger partial charge in [-0.2, -0.15) is 0 Å². The lowest BCUT2D eigenvalue weighted by Gasteiger charge is -2.15. The maximum absolute atomic E-state index is 8.82. The van der Waals surface area contributed by atoms with E-state index in [1.165, 1.54) is 27.5 Å². The van der Waals surface area contributed by atoms with E-state index in [1.807, 2.05) is 0 Å². The van der Waals surface area contributed by atoms with Gasteiger partial charge in [-0.25, -0.2) is 0 Å². The van der Waals surface area contributed by atoms with E-state index in [2.05, 4.69) is 78.2 Å². The molecule has 0 radical (unpaired) electrons. The third kappa shape index (κ3) is 5.54. The average Bonchev–Trinajstić information content (AvgIpc) is 2.70. The summed E-state index contributed by atoms with van der Waals surface area (Å²) in [5, 5.41) is 17.9. The van der Waals surface area contributed by atoms with Crippen molar-refractivity contribution in [3.63, 3.8) is 0 Å². The largest absolute Gasteiger partial charge is 0.489 e. The molecule has 0 heterocycles. The predicted molar refractivity (Wildman–Crippen MR) is 111 cm³/mol. The van der Waals surface area contributed by atoms with Gasteiger partial charge in [-0.1, -0.05) is 60.2 Å². The molecule has 0 bridgehead atoms. The van der Waals surface area contributed by atoms with Crippen LogP contribution in [0, 0.1) is 6.92 Å². The Bertz CT molecular complexity index is 847. The smallest absolute Gasteiger partial charge is 0.124 e. The van der Waals surface area contributed by atoms with Crippen LogP contribution in [0.5, 0.6) is 5.75 Å². The lowest BCUT2D eigenvalue weighted by atomic mass is 10.0. The van der Waals surface area contributed by atoms with E-state index in [4.69, 9.17) is 9.84 Å². The Morgan fingerprint density at radius 1 is 0.852 bits per heavy atom. The normalized spacial score (nSPS) is 11.0. The molecule has 0 aliphatic heterocycles. The molecule has 4 heteroatoms. The maximum Gasteiger partial charge on any atom is 0.124 e. The van der Waals surface area contributed by atoms with Crippen molar-refractivity contribution in [1.29, 1.82) is 0 Å². The molecule has 27 heavy (non-hydrogen) atoms. The molecule has 3 aromatic carbocycles. The molecule has 142 valence electrons. The molecule has 0 fully saturated rings. The number of hydrogen-bond acceptors (Lipinski definition) is 4. The second-order valence-electron chi connectivity index (χ2n) is 6.69. The Morgan fingerprint density at radius 3 is 2.44 bits per heavy atom. The summed E-state index contributed by atoms with van der Waals surface area (Å²) in [5.41, 5.74) is 3.60. The van der Waals surface area contributed by atoms with Gasteiger partial charge in [-0.3, -0.25) is 0 Å². The molecule has 0 spiro atoms. The molecule has 0 saturated carbocycles. The number of aryl methyl sites for hydroxylation is 1. The lowest BCUT2D eigenvalue weighted by molar-refractivity contribution is 0.292. The molecule has 0 unspecified atom stereocenters. The highest BCUT2D eigenvalue weighted by Gasteiger charge is 2.09. The van der Waals surface area contributed by atoms with Crippen LogP contribution in [0.4, 0.5) is 0 Å². The fraction of sp³-hybridized carbons (Fsp3) is 0.304. The topological polar surface area (TPSA) is 53.5 Å². The van der Waals surface area contributed by atoms with Crippen molar-refractivity contribution >= 4 is 10.8 Å². The van der Waals surface area contributed by atoms with Crippen LogP contribution in [0.25, 0.3) is 10.8 Å². The van der Waals surface area contributed by atoms with Crippen molar-refractivity contribution in [1.82, 2.24) is 10.6 Å². The molecule has 0 aromatic heterocycles. The van der Waals surface area contributed by atoms with Crippen LogP contribution in [-0.2, 0) is 13.2 Å². The number of benzene rings is 3. The van der Waals surface area contributed by atoms with Crippen LogP contribution in [0.2, 0.25) is 0 Å². The summed E-state index contributed by atoms with van der Waals surface area (Å²) in [5.74, 6) is 0.921. The van der Waals surface area contributed by atoms with Gasteiger partial charge in [-0.15, -0.1) is 0 Å². The third-order valence-electron chi connectivity index (χ3n) is 4.58. The molecule has 0 atom stereocenters. The van der Waals surface area contributed by atoms with E-state index >= 15 is 0 Å². The monoisotopic (exact) mass is 364 g/mol. The molecular formula is C23H28N2O2. The van der Waals surface area contributed by atoms with Crippen LogP contribution in [0.3, 0.4) is 0 Å². The van der Waals surface area contributed by atoms with Gasteiger partial charge >= 0.3 is 0 Å². The summed E-state index contributed by atoms with van der Waals surface area (Å²) in [6.45, 7) is 5.84. The minimum absolute atomic E-state index is 0.167. The van der Waals surface area contributed by atoms with Crippen LogP contribution < -0.4 is 15.4 Å². The molecule has 0 aliphatic carbocycles. The Balaban J connectivity index is 1.71. The lowest BCUT2D eigenvalue weighted by Crippen LogP contribution is -2.29. The van der Waals surface area contributed by atoms with E-state index in [9.17, 15) is 0 Å². The van der Waals surface area contributed by atoms with Crippen LogP contribution in [0.1, 0.15) is 16.7 Å². The summed E-state index contributed by atoms with van der Waals surface area (Å²) in [6, 6.07) is 21.0. The number of ether oxygens (including phenoxy) is 1. The number of nitrogens with one attached hydrogen (secondary N) is 2. The van der Waals surface area contributed by atoms with Crippen LogP contribution in [0.15, 0.2) is 60.7 Å². The molecule has 0 amide bonds. The van der Waals surface area contributed by atoms with Gasteiger partial charge in [0.1, 0.15) is 12.4 Å². The molecular weight excluding hydrogens is 336 g/mol. The van der Waals surface area contributed by atoms with Gasteiger partial charge < -0.3 is 20.5 Å². The van der Waals surface area contributed by atoms with Crippen molar-refractivity contribution in [2.75, 3.05) is 26.2 Å². The number of hydrogen-bond donors (Lipinski definition) is 3. The van der Waals surface area contributed by atoms with Crippen molar-refractivity contribution in [3.05, 3.63) is 77.4 Å². The highest BCUT2D eigenvalue weighted by Crippen LogP contribution is 2.28. The Morgan fingerprint density at radius 2 is 1.63 bits per heavy atom. The molecule has 3 N–H and O–H groups in total. The zero-order chi connectivity index (χ0) is 18.9. The zero-order valence-electron chi connectivity index (χ0n) is 15.9.